The third-order valence-corrected chi connectivity index (χ3v) is 3.62. The molecule has 1 N–H and O–H groups in total. The number of fused-ring (bicyclic) bond motifs is 1. The number of benzene rings is 1. The first-order chi connectivity index (χ1) is 8.35. The van der Waals surface area contributed by atoms with Crippen molar-refractivity contribution in [3.8, 4) is 5.75 Å². The normalized spacial score (nSPS) is 18.8. The van der Waals surface area contributed by atoms with Crippen molar-refractivity contribution in [3.05, 3.63) is 29.3 Å². The molecular formula is C15H23NO. The molecule has 17 heavy (non-hydrogen) atoms. The Hall–Kier alpha value is -1.02. The van der Waals surface area contributed by atoms with Crippen LogP contribution in [-0.4, -0.2) is 20.2 Å². The van der Waals surface area contributed by atoms with Crippen molar-refractivity contribution >= 4 is 0 Å². The zero-order valence-electron chi connectivity index (χ0n) is 11.0. The SMILES string of the molecule is CCCNCC1CCc2c(cccc2OC)C1. The lowest BCUT2D eigenvalue weighted by Gasteiger charge is -2.26. The first kappa shape index (κ1) is 12.4. The van der Waals surface area contributed by atoms with Gasteiger partial charge in [-0.25, -0.2) is 0 Å². The van der Waals surface area contributed by atoms with E-state index in [4.69, 9.17) is 4.74 Å². The molecule has 1 unspecified atom stereocenters. The minimum atomic E-state index is 0.793. The minimum Gasteiger partial charge on any atom is -0.496 e. The fraction of sp³-hybridized carbons (Fsp3) is 0.600. The first-order valence-electron chi connectivity index (χ1n) is 6.70. The molecule has 1 aliphatic rings. The lowest BCUT2D eigenvalue weighted by molar-refractivity contribution is 0.388. The lowest BCUT2D eigenvalue weighted by Crippen LogP contribution is -2.28. The van der Waals surface area contributed by atoms with Crippen molar-refractivity contribution < 1.29 is 4.74 Å². The average molecular weight is 233 g/mol. The molecule has 2 nitrogen and oxygen atoms in total. The van der Waals surface area contributed by atoms with Gasteiger partial charge in [0.2, 0.25) is 0 Å². The molecule has 0 fully saturated rings. The molecule has 0 spiro atoms. The molecule has 1 atom stereocenters. The summed E-state index contributed by atoms with van der Waals surface area (Å²) in [4.78, 5) is 0. The van der Waals surface area contributed by atoms with Gasteiger partial charge in [-0.2, -0.15) is 0 Å². The van der Waals surface area contributed by atoms with Crippen molar-refractivity contribution in [2.24, 2.45) is 5.92 Å². The minimum absolute atomic E-state index is 0.793. The number of nitrogens with one attached hydrogen (secondary N) is 1. The van der Waals surface area contributed by atoms with E-state index in [9.17, 15) is 0 Å². The van der Waals surface area contributed by atoms with Gasteiger partial charge < -0.3 is 10.1 Å². The Morgan fingerprint density at radius 2 is 2.29 bits per heavy atom. The lowest BCUT2D eigenvalue weighted by atomic mass is 9.83. The number of ether oxygens (including phenoxy) is 1. The summed E-state index contributed by atoms with van der Waals surface area (Å²) in [7, 11) is 1.77. The summed E-state index contributed by atoms with van der Waals surface area (Å²) in [6, 6.07) is 6.44. The van der Waals surface area contributed by atoms with Gasteiger partial charge >= 0.3 is 0 Å². The first-order valence-corrected chi connectivity index (χ1v) is 6.70. The highest BCUT2D eigenvalue weighted by Crippen LogP contribution is 2.31. The number of methoxy groups -OCH3 is 1. The second-order valence-corrected chi connectivity index (χ2v) is 4.91. The van der Waals surface area contributed by atoms with E-state index in [1.807, 2.05) is 0 Å². The van der Waals surface area contributed by atoms with Crippen LogP contribution in [0.5, 0.6) is 5.75 Å². The Bertz CT molecular complexity index is 362. The van der Waals surface area contributed by atoms with Crippen LogP contribution in [0.4, 0.5) is 0 Å². The molecule has 1 aliphatic carbocycles. The molecule has 94 valence electrons. The average Bonchev–Trinajstić information content (AvgIpc) is 2.38. The van der Waals surface area contributed by atoms with Crippen LogP contribution in [0.25, 0.3) is 0 Å². The molecule has 1 aromatic carbocycles. The van der Waals surface area contributed by atoms with Gasteiger partial charge in [-0.15, -0.1) is 0 Å². The summed E-state index contributed by atoms with van der Waals surface area (Å²) < 4.78 is 5.43. The van der Waals surface area contributed by atoms with Gasteiger partial charge in [0.1, 0.15) is 5.75 Å². The maximum Gasteiger partial charge on any atom is 0.122 e. The topological polar surface area (TPSA) is 21.3 Å². The number of hydrogen-bond acceptors (Lipinski definition) is 2. The molecule has 0 amide bonds. The van der Waals surface area contributed by atoms with E-state index < -0.39 is 0 Å². The molecule has 2 rings (SSSR count). The Morgan fingerprint density at radius 1 is 1.41 bits per heavy atom. The van der Waals surface area contributed by atoms with Crippen LogP contribution in [0.1, 0.15) is 30.9 Å². The van der Waals surface area contributed by atoms with Gasteiger partial charge in [0.15, 0.2) is 0 Å². The van der Waals surface area contributed by atoms with Crippen LogP contribution < -0.4 is 10.1 Å². The maximum atomic E-state index is 5.43. The molecule has 2 heteroatoms. The second-order valence-electron chi connectivity index (χ2n) is 4.91. The van der Waals surface area contributed by atoms with Crippen molar-refractivity contribution in [1.82, 2.24) is 5.32 Å². The van der Waals surface area contributed by atoms with Crippen LogP contribution in [0.3, 0.4) is 0 Å². The van der Waals surface area contributed by atoms with E-state index in [0.29, 0.717) is 0 Å². The fourth-order valence-electron chi connectivity index (χ4n) is 2.70. The van der Waals surface area contributed by atoms with Gasteiger partial charge in [-0.05, 0) is 61.9 Å². The zero-order valence-corrected chi connectivity index (χ0v) is 11.0. The van der Waals surface area contributed by atoms with E-state index in [-0.39, 0.29) is 0 Å². The smallest absolute Gasteiger partial charge is 0.122 e. The highest BCUT2D eigenvalue weighted by Gasteiger charge is 2.20. The number of hydrogen-bond donors (Lipinski definition) is 1. The maximum absolute atomic E-state index is 5.43. The number of rotatable bonds is 5. The molecule has 0 saturated heterocycles. The molecule has 0 aliphatic heterocycles. The molecule has 0 radical (unpaired) electrons. The molecule has 0 bridgehead atoms. The van der Waals surface area contributed by atoms with Crippen LogP contribution in [0.15, 0.2) is 18.2 Å². The monoisotopic (exact) mass is 233 g/mol. The predicted molar refractivity (Wildman–Crippen MR) is 71.7 cm³/mol. The zero-order chi connectivity index (χ0) is 12.1. The third kappa shape index (κ3) is 3.01. The molecule has 0 aromatic heterocycles. The molecule has 0 heterocycles. The van der Waals surface area contributed by atoms with Gasteiger partial charge in [-0.3, -0.25) is 0 Å². The van der Waals surface area contributed by atoms with Crippen LogP contribution >= 0.6 is 0 Å². The fourth-order valence-corrected chi connectivity index (χ4v) is 2.70. The standard InChI is InChI=1S/C15H23NO/c1-3-9-16-11-12-7-8-14-13(10-12)5-4-6-15(14)17-2/h4-6,12,16H,3,7-11H2,1-2H3. The summed E-state index contributed by atoms with van der Waals surface area (Å²) in [6.07, 6.45) is 4.86. The quantitative estimate of drug-likeness (QED) is 0.790. The summed E-state index contributed by atoms with van der Waals surface area (Å²) in [6.45, 7) is 4.51. The Morgan fingerprint density at radius 3 is 3.06 bits per heavy atom. The Kier molecular flexibility index (Phi) is 4.43. The van der Waals surface area contributed by atoms with E-state index in [1.54, 1.807) is 7.11 Å². The summed E-state index contributed by atoms with van der Waals surface area (Å²) in [5.74, 6) is 1.86. The Labute approximate surface area is 104 Å². The Balaban J connectivity index is 1.99. The van der Waals surface area contributed by atoms with E-state index in [2.05, 4.69) is 30.4 Å². The summed E-state index contributed by atoms with van der Waals surface area (Å²) in [5.41, 5.74) is 2.92. The molecule has 1 aromatic rings. The van der Waals surface area contributed by atoms with Crippen LogP contribution in [-0.2, 0) is 12.8 Å². The van der Waals surface area contributed by atoms with Crippen molar-refractivity contribution in [1.29, 1.82) is 0 Å². The second kappa shape index (κ2) is 6.06. The van der Waals surface area contributed by atoms with Crippen LogP contribution in [0.2, 0.25) is 0 Å². The summed E-state index contributed by atoms with van der Waals surface area (Å²) >= 11 is 0. The molecular weight excluding hydrogens is 210 g/mol. The predicted octanol–water partition coefficient (Wildman–Crippen LogP) is 2.80. The van der Waals surface area contributed by atoms with E-state index in [0.717, 1.165) is 31.2 Å². The van der Waals surface area contributed by atoms with Crippen molar-refractivity contribution in [3.63, 3.8) is 0 Å². The summed E-state index contributed by atoms with van der Waals surface area (Å²) in [5, 5.41) is 3.53. The third-order valence-electron chi connectivity index (χ3n) is 3.62. The van der Waals surface area contributed by atoms with Crippen LogP contribution in [0, 0.1) is 5.92 Å². The molecule has 0 saturated carbocycles. The van der Waals surface area contributed by atoms with Gasteiger partial charge in [0.25, 0.3) is 0 Å². The highest BCUT2D eigenvalue weighted by molar-refractivity contribution is 5.42. The van der Waals surface area contributed by atoms with E-state index >= 15 is 0 Å². The van der Waals surface area contributed by atoms with Gasteiger partial charge in [0, 0.05) is 0 Å². The van der Waals surface area contributed by atoms with Crippen molar-refractivity contribution in [2.75, 3.05) is 20.2 Å². The van der Waals surface area contributed by atoms with E-state index in [1.165, 1.54) is 30.4 Å². The highest BCUT2D eigenvalue weighted by atomic mass is 16.5. The van der Waals surface area contributed by atoms with Gasteiger partial charge in [0.05, 0.1) is 7.11 Å². The van der Waals surface area contributed by atoms with Gasteiger partial charge in [-0.1, -0.05) is 19.1 Å². The van der Waals surface area contributed by atoms with Crippen molar-refractivity contribution in [2.45, 2.75) is 32.6 Å². The largest absolute Gasteiger partial charge is 0.496 e.